The molecule has 0 spiro atoms. The van der Waals surface area contributed by atoms with Gasteiger partial charge in [-0.3, -0.25) is 4.79 Å². The van der Waals surface area contributed by atoms with Crippen molar-refractivity contribution in [2.24, 2.45) is 11.8 Å². The fraction of sp³-hybridized carbons (Fsp3) is 0.533. The van der Waals surface area contributed by atoms with E-state index in [1.165, 1.54) is 12.1 Å². The number of benzene rings is 1. The average molecular weight is 326 g/mol. The van der Waals surface area contributed by atoms with Crippen LogP contribution in [0.4, 0.5) is 15.8 Å². The van der Waals surface area contributed by atoms with Crippen LogP contribution in [-0.4, -0.2) is 38.9 Å². The van der Waals surface area contributed by atoms with Crippen molar-refractivity contribution in [3.05, 3.63) is 24.0 Å². The maximum atomic E-state index is 14.0. The van der Waals surface area contributed by atoms with Crippen molar-refractivity contribution in [3.63, 3.8) is 0 Å². The van der Waals surface area contributed by atoms with Crippen LogP contribution in [0.1, 0.15) is 13.3 Å². The second kappa shape index (κ2) is 5.53. The van der Waals surface area contributed by atoms with Crippen LogP contribution in [0.2, 0.25) is 0 Å². The van der Waals surface area contributed by atoms with Gasteiger partial charge in [0.1, 0.15) is 5.82 Å². The molecular formula is C15H19FN2O3S. The molecule has 0 bridgehead atoms. The van der Waals surface area contributed by atoms with E-state index in [0.717, 1.165) is 6.42 Å². The summed E-state index contributed by atoms with van der Waals surface area (Å²) in [7, 11) is -3.01. The third-order valence-electron chi connectivity index (χ3n) is 4.35. The summed E-state index contributed by atoms with van der Waals surface area (Å²) < 4.78 is 36.9. The summed E-state index contributed by atoms with van der Waals surface area (Å²) in [6.07, 6.45) is 0.893. The molecule has 1 amide bonds. The topological polar surface area (TPSA) is 66.5 Å². The molecule has 5 nitrogen and oxygen atoms in total. The van der Waals surface area contributed by atoms with Gasteiger partial charge in [0.25, 0.3) is 0 Å². The highest BCUT2D eigenvalue weighted by Gasteiger charge is 2.39. The highest BCUT2D eigenvalue weighted by atomic mass is 32.2. The zero-order valence-electron chi connectivity index (χ0n) is 12.4. The molecule has 2 aliphatic rings. The van der Waals surface area contributed by atoms with Crippen molar-refractivity contribution in [2.75, 3.05) is 34.8 Å². The first-order valence-corrected chi connectivity index (χ1v) is 9.24. The Morgan fingerprint density at radius 2 is 1.95 bits per heavy atom. The lowest BCUT2D eigenvalue weighted by molar-refractivity contribution is -0.117. The van der Waals surface area contributed by atoms with E-state index in [-0.39, 0.29) is 36.4 Å². The number of rotatable bonds is 3. The van der Waals surface area contributed by atoms with Crippen LogP contribution in [0.3, 0.4) is 0 Å². The zero-order chi connectivity index (χ0) is 15.9. The van der Waals surface area contributed by atoms with E-state index in [1.54, 1.807) is 11.0 Å². The van der Waals surface area contributed by atoms with Gasteiger partial charge < -0.3 is 10.2 Å². The molecule has 1 aliphatic carbocycles. The molecule has 2 fully saturated rings. The van der Waals surface area contributed by atoms with Gasteiger partial charge in [-0.15, -0.1) is 0 Å². The number of nitrogens with one attached hydrogen (secondary N) is 1. The van der Waals surface area contributed by atoms with E-state index in [4.69, 9.17) is 0 Å². The van der Waals surface area contributed by atoms with Gasteiger partial charge in [0, 0.05) is 24.7 Å². The Morgan fingerprint density at radius 1 is 1.32 bits per heavy atom. The molecule has 0 unspecified atom stereocenters. The van der Waals surface area contributed by atoms with E-state index in [0.29, 0.717) is 17.3 Å². The molecule has 2 atom stereocenters. The summed E-state index contributed by atoms with van der Waals surface area (Å²) in [5.41, 5.74) is 0.894. The largest absolute Gasteiger partial charge is 0.367 e. The first-order valence-electron chi connectivity index (χ1n) is 7.41. The smallest absolute Gasteiger partial charge is 0.227 e. The van der Waals surface area contributed by atoms with Crippen LogP contribution in [0.15, 0.2) is 18.2 Å². The molecule has 22 heavy (non-hydrogen) atoms. The Labute approximate surface area is 129 Å². The quantitative estimate of drug-likeness (QED) is 0.917. The third-order valence-corrected chi connectivity index (χ3v) is 5.95. The number of sulfone groups is 1. The van der Waals surface area contributed by atoms with E-state index in [9.17, 15) is 17.6 Å². The van der Waals surface area contributed by atoms with Gasteiger partial charge in [-0.2, -0.15) is 0 Å². The average Bonchev–Trinajstić information content (AvgIpc) is 3.18. The number of amides is 1. The summed E-state index contributed by atoms with van der Waals surface area (Å²) in [4.78, 5) is 13.7. The lowest BCUT2D eigenvalue weighted by Crippen LogP contribution is -2.40. The van der Waals surface area contributed by atoms with Crippen molar-refractivity contribution in [2.45, 2.75) is 13.3 Å². The summed E-state index contributed by atoms with van der Waals surface area (Å²) in [6, 6.07) is 4.42. The minimum absolute atomic E-state index is 0.0304. The molecule has 1 aromatic carbocycles. The standard InChI is InChI=1S/C15H19FN2O3S/c1-10-8-12(10)15(19)17-11-2-3-13(16)14(9-11)18-4-6-22(20,21)7-5-18/h2-3,9-10,12H,4-8H2,1H3,(H,17,19)/t10-,12+/m0/s1. The number of nitrogens with zero attached hydrogens (tertiary/aromatic N) is 1. The predicted octanol–water partition coefficient (Wildman–Crippen LogP) is 1.66. The lowest BCUT2D eigenvalue weighted by Gasteiger charge is -2.29. The molecule has 1 saturated carbocycles. The highest BCUT2D eigenvalue weighted by Crippen LogP contribution is 2.38. The van der Waals surface area contributed by atoms with Crippen LogP contribution in [0, 0.1) is 17.7 Å². The molecule has 3 rings (SSSR count). The molecule has 1 saturated heterocycles. The second-order valence-electron chi connectivity index (χ2n) is 6.11. The van der Waals surface area contributed by atoms with E-state index in [2.05, 4.69) is 5.32 Å². The van der Waals surface area contributed by atoms with Gasteiger partial charge in [-0.25, -0.2) is 12.8 Å². The minimum atomic E-state index is -3.01. The number of hydrogen-bond donors (Lipinski definition) is 1. The second-order valence-corrected chi connectivity index (χ2v) is 8.42. The van der Waals surface area contributed by atoms with Gasteiger partial charge >= 0.3 is 0 Å². The molecule has 0 radical (unpaired) electrons. The Balaban J connectivity index is 1.74. The van der Waals surface area contributed by atoms with Crippen molar-refractivity contribution in [3.8, 4) is 0 Å². The van der Waals surface area contributed by atoms with Gasteiger partial charge in [0.2, 0.25) is 5.91 Å². The van der Waals surface area contributed by atoms with Gasteiger partial charge in [0.15, 0.2) is 9.84 Å². The highest BCUT2D eigenvalue weighted by molar-refractivity contribution is 7.91. The molecule has 7 heteroatoms. The summed E-state index contributed by atoms with van der Waals surface area (Å²) in [5, 5.41) is 2.81. The summed E-state index contributed by atoms with van der Waals surface area (Å²) in [6.45, 7) is 2.57. The molecule has 1 aromatic rings. The molecule has 1 N–H and O–H groups in total. The van der Waals surface area contributed by atoms with Gasteiger partial charge in [0.05, 0.1) is 17.2 Å². The Kier molecular flexibility index (Phi) is 3.84. The first kappa shape index (κ1) is 15.3. The van der Waals surface area contributed by atoms with Crippen molar-refractivity contribution in [1.29, 1.82) is 0 Å². The Bertz CT molecular complexity index is 691. The first-order chi connectivity index (χ1) is 10.4. The summed E-state index contributed by atoms with van der Waals surface area (Å²) >= 11 is 0. The predicted molar refractivity (Wildman–Crippen MR) is 83.2 cm³/mol. The van der Waals surface area contributed by atoms with Crippen LogP contribution >= 0.6 is 0 Å². The van der Waals surface area contributed by atoms with Crippen LogP contribution in [0.25, 0.3) is 0 Å². The van der Waals surface area contributed by atoms with E-state index in [1.807, 2.05) is 6.92 Å². The normalized spacial score (nSPS) is 26.5. The maximum absolute atomic E-state index is 14.0. The fourth-order valence-electron chi connectivity index (χ4n) is 2.71. The van der Waals surface area contributed by atoms with Gasteiger partial charge in [-0.1, -0.05) is 6.92 Å². The lowest BCUT2D eigenvalue weighted by atomic mass is 10.2. The fourth-order valence-corrected chi connectivity index (χ4v) is 3.91. The van der Waals surface area contributed by atoms with E-state index >= 15 is 0 Å². The van der Waals surface area contributed by atoms with Gasteiger partial charge in [-0.05, 0) is 30.5 Å². The third kappa shape index (κ3) is 3.24. The molecule has 1 aliphatic heterocycles. The number of hydrogen-bond acceptors (Lipinski definition) is 4. The maximum Gasteiger partial charge on any atom is 0.227 e. The zero-order valence-corrected chi connectivity index (χ0v) is 13.2. The number of anilines is 2. The van der Waals surface area contributed by atoms with Crippen LogP contribution < -0.4 is 10.2 Å². The van der Waals surface area contributed by atoms with Crippen molar-refractivity contribution < 1.29 is 17.6 Å². The van der Waals surface area contributed by atoms with Crippen molar-refractivity contribution in [1.82, 2.24) is 0 Å². The molecule has 0 aromatic heterocycles. The molecule has 1 heterocycles. The molecular weight excluding hydrogens is 307 g/mol. The number of carbonyl (C=O) groups is 1. The van der Waals surface area contributed by atoms with Crippen LogP contribution in [0.5, 0.6) is 0 Å². The Morgan fingerprint density at radius 3 is 2.55 bits per heavy atom. The van der Waals surface area contributed by atoms with Crippen LogP contribution in [-0.2, 0) is 14.6 Å². The number of carbonyl (C=O) groups excluding carboxylic acids is 1. The summed E-state index contributed by atoms with van der Waals surface area (Å²) in [5.74, 6) is 0.0785. The minimum Gasteiger partial charge on any atom is -0.367 e. The molecule has 120 valence electrons. The number of halogens is 1. The van der Waals surface area contributed by atoms with E-state index < -0.39 is 15.7 Å². The Hall–Kier alpha value is -1.63. The monoisotopic (exact) mass is 326 g/mol. The SMILES string of the molecule is C[C@H]1C[C@H]1C(=O)Nc1ccc(F)c(N2CCS(=O)(=O)CC2)c1. The van der Waals surface area contributed by atoms with Crippen molar-refractivity contribution >= 4 is 27.1 Å².